The fourth-order valence-electron chi connectivity index (χ4n) is 7.44. The zero-order valence-electron chi connectivity index (χ0n) is 37.7. The first-order valence-corrected chi connectivity index (χ1v) is 24.4. The fourth-order valence-corrected chi connectivity index (χ4v) is 7.44. The maximum atomic E-state index is 12.9. The summed E-state index contributed by atoms with van der Waals surface area (Å²) in [6, 6.07) is -0.829. The number of nitrogens with one attached hydrogen (secondary N) is 1. The van der Waals surface area contributed by atoms with Gasteiger partial charge in [-0.3, -0.25) is 4.79 Å². The molecule has 0 spiro atoms. The van der Waals surface area contributed by atoms with Crippen LogP contribution in [0.25, 0.3) is 0 Å². The summed E-state index contributed by atoms with van der Waals surface area (Å²) in [5.74, 6) is -0.203. The first-order chi connectivity index (χ1) is 28.8. The average molecular weight is 834 g/mol. The van der Waals surface area contributed by atoms with E-state index in [0.29, 0.717) is 6.42 Å². The monoisotopic (exact) mass is 834 g/mol. The first kappa shape index (κ1) is 55.2. The molecule has 0 aromatic heterocycles. The Kier molecular flexibility index (Phi) is 37.6. The van der Waals surface area contributed by atoms with Gasteiger partial charge in [0.1, 0.15) is 24.4 Å². The highest BCUT2D eigenvalue weighted by Gasteiger charge is 2.44. The maximum absolute atomic E-state index is 12.9. The summed E-state index contributed by atoms with van der Waals surface area (Å²) in [5.41, 5.74) is 0. The molecular formula is C50H91NO8. The fraction of sp³-hybridized carbons (Fsp3) is 0.820. The van der Waals surface area contributed by atoms with E-state index in [9.17, 15) is 30.3 Å². The van der Waals surface area contributed by atoms with Gasteiger partial charge in [0, 0.05) is 6.42 Å². The van der Waals surface area contributed by atoms with Crippen LogP contribution >= 0.6 is 0 Å². The quantitative estimate of drug-likeness (QED) is 0.0264. The zero-order chi connectivity index (χ0) is 43.0. The lowest BCUT2D eigenvalue weighted by Gasteiger charge is -2.40. The standard InChI is InChI=1S/C50H91NO8/c1-3-5-7-9-11-13-15-17-18-19-20-21-22-23-24-25-26-28-29-31-33-35-37-39-44(53)43(42-58-50-49(57)48(56)47(55)45(41-52)59-50)51-46(54)40-38-36-34-32-30-27-16-14-12-10-8-6-4-2/h8,10,14,16,29,31,37,39,43-45,47-50,52-53,55-57H,3-7,9,11-13,15,17-28,30,32-36,38,40-42H2,1-2H3,(H,51,54)/b10-8-,16-14-,31-29+,39-37+. The number of allylic oxidation sites excluding steroid dienone is 7. The highest BCUT2D eigenvalue weighted by molar-refractivity contribution is 5.76. The molecular weight excluding hydrogens is 743 g/mol. The van der Waals surface area contributed by atoms with E-state index < -0.39 is 49.5 Å². The molecule has 344 valence electrons. The van der Waals surface area contributed by atoms with Crippen molar-refractivity contribution in [2.24, 2.45) is 0 Å². The van der Waals surface area contributed by atoms with Gasteiger partial charge in [-0.15, -0.1) is 0 Å². The van der Waals surface area contributed by atoms with E-state index >= 15 is 0 Å². The third-order valence-electron chi connectivity index (χ3n) is 11.4. The second-order valence-electron chi connectivity index (χ2n) is 16.9. The van der Waals surface area contributed by atoms with Gasteiger partial charge in [0.25, 0.3) is 0 Å². The Morgan fingerprint density at radius 3 is 1.59 bits per heavy atom. The van der Waals surface area contributed by atoms with Gasteiger partial charge >= 0.3 is 0 Å². The summed E-state index contributed by atoms with van der Waals surface area (Å²) in [6.45, 7) is 3.68. The molecule has 0 aromatic carbocycles. The van der Waals surface area contributed by atoms with Crippen LogP contribution in [-0.2, 0) is 14.3 Å². The van der Waals surface area contributed by atoms with Crippen molar-refractivity contribution >= 4 is 5.91 Å². The topological polar surface area (TPSA) is 149 Å². The van der Waals surface area contributed by atoms with Crippen molar-refractivity contribution in [1.29, 1.82) is 0 Å². The summed E-state index contributed by atoms with van der Waals surface area (Å²) in [5, 5.41) is 54.2. The van der Waals surface area contributed by atoms with Crippen molar-refractivity contribution < 1.29 is 39.8 Å². The highest BCUT2D eigenvalue weighted by atomic mass is 16.7. The van der Waals surface area contributed by atoms with Crippen LogP contribution in [0, 0.1) is 0 Å². The van der Waals surface area contributed by atoms with E-state index in [2.05, 4.69) is 55.6 Å². The molecule has 9 nitrogen and oxygen atoms in total. The lowest BCUT2D eigenvalue weighted by molar-refractivity contribution is -0.302. The summed E-state index contributed by atoms with van der Waals surface area (Å²) in [4.78, 5) is 12.9. The number of carbonyl (C=O) groups excluding carboxylic acids is 1. The van der Waals surface area contributed by atoms with Crippen molar-refractivity contribution in [2.45, 2.75) is 249 Å². The number of hydrogen-bond acceptors (Lipinski definition) is 8. The summed E-state index contributed by atoms with van der Waals surface area (Å²) >= 11 is 0. The highest BCUT2D eigenvalue weighted by Crippen LogP contribution is 2.22. The molecule has 0 aromatic rings. The van der Waals surface area contributed by atoms with E-state index in [4.69, 9.17) is 9.47 Å². The minimum atomic E-state index is -1.57. The van der Waals surface area contributed by atoms with Crippen LogP contribution in [0.15, 0.2) is 48.6 Å². The smallest absolute Gasteiger partial charge is 0.220 e. The number of unbranched alkanes of at least 4 members (excludes halogenated alkanes) is 24. The molecule has 0 saturated carbocycles. The molecule has 6 N–H and O–H groups in total. The first-order valence-electron chi connectivity index (χ1n) is 24.4. The van der Waals surface area contributed by atoms with Gasteiger partial charge in [0.15, 0.2) is 6.29 Å². The number of aliphatic hydroxyl groups is 5. The van der Waals surface area contributed by atoms with Crippen LogP contribution in [-0.4, -0.2) is 87.5 Å². The van der Waals surface area contributed by atoms with Gasteiger partial charge in [0.2, 0.25) is 5.91 Å². The number of rotatable bonds is 40. The molecule has 1 aliphatic heterocycles. The van der Waals surface area contributed by atoms with E-state index in [1.165, 1.54) is 116 Å². The lowest BCUT2D eigenvalue weighted by atomic mass is 9.99. The number of hydrogen-bond donors (Lipinski definition) is 6. The predicted molar refractivity (Wildman–Crippen MR) is 244 cm³/mol. The van der Waals surface area contributed by atoms with E-state index in [1.807, 2.05) is 6.08 Å². The number of aliphatic hydroxyl groups excluding tert-OH is 5. The minimum absolute atomic E-state index is 0.203. The van der Waals surface area contributed by atoms with Crippen molar-refractivity contribution in [2.75, 3.05) is 13.2 Å². The van der Waals surface area contributed by atoms with Crippen molar-refractivity contribution in [1.82, 2.24) is 5.32 Å². The molecule has 1 heterocycles. The Morgan fingerprint density at radius 1 is 0.576 bits per heavy atom. The van der Waals surface area contributed by atoms with Gasteiger partial charge in [-0.25, -0.2) is 0 Å². The molecule has 1 aliphatic rings. The molecule has 7 unspecified atom stereocenters. The van der Waals surface area contributed by atoms with Gasteiger partial charge in [-0.1, -0.05) is 191 Å². The molecule has 0 aliphatic carbocycles. The molecule has 1 fully saturated rings. The summed E-state index contributed by atoms with van der Waals surface area (Å²) < 4.78 is 11.2. The lowest BCUT2D eigenvalue weighted by Crippen LogP contribution is -2.60. The number of carbonyl (C=O) groups is 1. The van der Waals surface area contributed by atoms with Crippen LogP contribution in [0.2, 0.25) is 0 Å². The zero-order valence-corrected chi connectivity index (χ0v) is 37.7. The molecule has 59 heavy (non-hydrogen) atoms. The number of ether oxygens (including phenoxy) is 2. The second-order valence-corrected chi connectivity index (χ2v) is 16.9. The van der Waals surface area contributed by atoms with Gasteiger partial charge in [-0.2, -0.15) is 0 Å². The predicted octanol–water partition coefficient (Wildman–Crippen LogP) is 10.6. The summed E-state index contributed by atoms with van der Waals surface area (Å²) in [7, 11) is 0. The molecule has 9 heteroatoms. The van der Waals surface area contributed by atoms with Crippen LogP contribution in [0.4, 0.5) is 0 Å². The Morgan fingerprint density at radius 2 is 1.05 bits per heavy atom. The third kappa shape index (κ3) is 30.8. The van der Waals surface area contributed by atoms with E-state index in [-0.39, 0.29) is 12.5 Å². The number of amides is 1. The van der Waals surface area contributed by atoms with Crippen molar-refractivity contribution in [3.8, 4) is 0 Å². The SMILES string of the molecule is CCC/C=C\C/C=C\CCCCCCCC(=O)NC(COC1OC(CO)C(O)C(O)C1O)C(O)/C=C/CC/C=C/CCCCCCCCCCCCCCCCCCC. The van der Waals surface area contributed by atoms with Crippen molar-refractivity contribution in [3.63, 3.8) is 0 Å². The second kappa shape index (κ2) is 40.2. The average Bonchev–Trinajstić information content (AvgIpc) is 3.23. The Balaban J connectivity index is 2.33. The van der Waals surface area contributed by atoms with Gasteiger partial charge in [-0.05, 0) is 57.8 Å². The normalized spacial score (nSPS) is 21.1. The molecule has 7 atom stereocenters. The molecule has 0 radical (unpaired) electrons. The molecule has 1 amide bonds. The largest absolute Gasteiger partial charge is 0.394 e. The van der Waals surface area contributed by atoms with Crippen molar-refractivity contribution in [3.05, 3.63) is 48.6 Å². The van der Waals surface area contributed by atoms with E-state index in [1.54, 1.807) is 6.08 Å². The van der Waals surface area contributed by atoms with Crippen LogP contribution in [0.3, 0.4) is 0 Å². The summed E-state index contributed by atoms with van der Waals surface area (Å²) in [6.07, 6.45) is 44.5. The molecule has 1 rings (SSSR count). The Labute approximate surface area is 361 Å². The van der Waals surface area contributed by atoms with Crippen LogP contribution < -0.4 is 5.32 Å². The Bertz CT molecular complexity index is 1060. The van der Waals surface area contributed by atoms with Gasteiger partial charge in [0.05, 0.1) is 25.4 Å². The minimum Gasteiger partial charge on any atom is -0.394 e. The van der Waals surface area contributed by atoms with E-state index in [0.717, 1.165) is 70.6 Å². The third-order valence-corrected chi connectivity index (χ3v) is 11.4. The maximum Gasteiger partial charge on any atom is 0.220 e. The molecule has 0 bridgehead atoms. The van der Waals surface area contributed by atoms with Crippen LogP contribution in [0.1, 0.15) is 206 Å². The van der Waals surface area contributed by atoms with Crippen LogP contribution in [0.5, 0.6) is 0 Å². The Hall–Kier alpha value is -1.85. The molecule has 1 saturated heterocycles. The van der Waals surface area contributed by atoms with Gasteiger partial charge < -0.3 is 40.3 Å².